The minimum absolute atomic E-state index is 0.169. The van der Waals surface area contributed by atoms with E-state index in [1.165, 1.54) is 18.9 Å². The molecule has 2 rings (SSSR count). The van der Waals surface area contributed by atoms with E-state index < -0.39 is 5.97 Å². The molecule has 0 radical (unpaired) electrons. The summed E-state index contributed by atoms with van der Waals surface area (Å²) >= 11 is 1.91. The van der Waals surface area contributed by atoms with Gasteiger partial charge in [-0.05, 0) is 37.7 Å². The zero-order valence-electron chi connectivity index (χ0n) is 11.1. The minimum atomic E-state index is -0.980. The van der Waals surface area contributed by atoms with Gasteiger partial charge < -0.3 is 16.2 Å². The first-order valence-electron chi connectivity index (χ1n) is 6.53. The number of carboxylic acid groups (broad SMARTS) is 1. The van der Waals surface area contributed by atoms with E-state index in [-0.39, 0.29) is 5.56 Å². The third-order valence-corrected chi connectivity index (χ3v) is 4.75. The van der Waals surface area contributed by atoms with Gasteiger partial charge >= 0.3 is 5.97 Å². The van der Waals surface area contributed by atoms with Crippen molar-refractivity contribution in [3.8, 4) is 0 Å². The van der Waals surface area contributed by atoms with Crippen LogP contribution in [-0.2, 0) is 0 Å². The second-order valence-electron chi connectivity index (χ2n) is 4.94. The molecule has 1 aliphatic carbocycles. The molecule has 0 spiro atoms. The number of benzene rings is 1. The molecule has 0 bridgehead atoms. The van der Waals surface area contributed by atoms with Crippen LogP contribution in [0.25, 0.3) is 0 Å². The summed E-state index contributed by atoms with van der Waals surface area (Å²) in [5, 5.41) is 13.2. The predicted molar refractivity (Wildman–Crippen MR) is 81.0 cm³/mol. The molecule has 104 valence electrons. The van der Waals surface area contributed by atoms with Crippen molar-refractivity contribution in [1.82, 2.24) is 0 Å². The fourth-order valence-corrected chi connectivity index (χ4v) is 3.41. The van der Waals surface area contributed by atoms with Crippen LogP contribution in [0.3, 0.4) is 0 Å². The second kappa shape index (κ2) is 6.19. The molecule has 19 heavy (non-hydrogen) atoms. The lowest BCUT2D eigenvalue weighted by atomic mass is 9.94. The van der Waals surface area contributed by atoms with Crippen LogP contribution in [0, 0.1) is 0 Å². The van der Waals surface area contributed by atoms with Crippen LogP contribution in [0.1, 0.15) is 36.0 Å². The molecule has 0 saturated heterocycles. The molecule has 1 saturated carbocycles. The molecule has 0 aromatic heterocycles. The largest absolute Gasteiger partial charge is 0.478 e. The first-order valence-corrected chi connectivity index (χ1v) is 7.81. The van der Waals surface area contributed by atoms with Gasteiger partial charge in [-0.3, -0.25) is 0 Å². The first-order chi connectivity index (χ1) is 9.11. The summed E-state index contributed by atoms with van der Waals surface area (Å²) in [5.41, 5.74) is 7.17. The Balaban J connectivity index is 2.10. The highest BCUT2D eigenvalue weighted by molar-refractivity contribution is 7.99. The normalized spacial score (nSPS) is 23.0. The molecule has 1 aliphatic rings. The maximum Gasteiger partial charge on any atom is 0.337 e. The first kappa shape index (κ1) is 14.1. The van der Waals surface area contributed by atoms with Gasteiger partial charge in [-0.1, -0.05) is 12.5 Å². The van der Waals surface area contributed by atoms with E-state index in [1.807, 2.05) is 17.8 Å². The highest BCUT2D eigenvalue weighted by Gasteiger charge is 2.22. The molecule has 0 amide bonds. The van der Waals surface area contributed by atoms with Gasteiger partial charge in [0.2, 0.25) is 0 Å². The lowest BCUT2D eigenvalue weighted by molar-refractivity contribution is 0.0698. The summed E-state index contributed by atoms with van der Waals surface area (Å²) in [4.78, 5) is 11.1. The summed E-state index contributed by atoms with van der Waals surface area (Å²) in [5.74, 6) is -0.980. The Bertz CT molecular complexity index is 465. The van der Waals surface area contributed by atoms with Crippen molar-refractivity contribution >= 4 is 29.1 Å². The number of rotatable bonds is 4. The maximum absolute atomic E-state index is 11.1. The van der Waals surface area contributed by atoms with Crippen molar-refractivity contribution in [2.75, 3.05) is 17.3 Å². The fraction of sp³-hybridized carbons (Fsp3) is 0.500. The molecule has 4 nitrogen and oxygen atoms in total. The van der Waals surface area contributed by atoms with Crippen molar-refractivity contribution in [2.45, 2.75) is 37.0 Å². The lowest BCUT2D eigenvalue weighted by Gasteiger charge is -2.30. The Hall–Kier alpha value is -1.36. The maximum atomic E-state index is 11.1. The summed E-state index contributed by atoms with van der Waals surface area (Å²) in [6.07, 6.45) is 6.85. The van der Waals surface area contributed by atoms with Crippen LogP contribution in [0.4, 0.5) is 11.4 Å². The smallest absolute Gasteiger partial charge is 0.337 e. The minimum Gasteiger partial charge on any atom is -0.478 e. The number of aromatic carboxylic acids is 1. The quantitative estimate of drug-likeness (QED) is 0.739. The van der Waals surface area contributed by atoms with Gasteiger partial charge in [-0.2, -0.15) is 11.8 Å². The van der Waals surface area contributed by atoms with Gasteiger partial charge in [-0.25, -0.2) is 4.79 Å². The monoisotopic (exact) mass is 280 g/mol. The average Bonchev–Trinajstić information content (AvgIpc) is 2.41. The number of nitrogens with one attached hydrogen (secondary N) is 1. The van der Waals surface area contributed by atoms with E-state index >= 15 is 0 Å². The van der Waals surface area contributed by atoms with Crippen molar-refractivity contribution in [3.63, 3.8) is 0 Å². The number of anilines is 2. The number of hydrogen-bond acceptors (Lipinski definition) is 4. The molecule has 5 heteroatoms. The van der Waals surface area contributed by atoms with E-state index in [0.717, 1.165) is 18.5 Å². The van der Waals surface area contributed by atoms with Crippen LogP contribution in [0.5, 0.6) is 0 Å². The highest BCUT2D eigenvalue weighted by atomic mass is 32.2. The van der Waals surface area contributed by atoms with E-state index in [9.17, 15) is 4.79 Å². The molecule has 2 unspecified atom stereocenters. The summed E-state index contributed by atoms with van der Waals surface area (Å²) in [7, 11) is 0. The van der Waals surface area contributed by atoms with Crippen LogP contribution in [-0.4, -0.2) is 28.6 Å². The zero-order chi connectivity index (χ0) is 13.8. The summed E-state index contributed by atoms with van der Waals surface area (Å²) in [6, 6.07) is 5.51. The number of thioether (sulfide) groups is 1. The van der Waals surface area contributed by atoms with Crippen molar-refractivity contribution in [2.24, 2.45) is 0 Å². The summed E-state index contributed by atoms with van der Waals surface area (Å²) in [6.45, 7) is 0. The SMILES string of the molecule is CSC1CCCC(Nc2cccc(C(=O)O)c2N)C1. The molecule has 1 aromatic carbocycles. The van der Waals surface area contributed by atoms with E-state index in [1.54, 1.807) is 6.07 Å². The molecular weight excluding hydrogens is 260 g/mol. The second-order valence-corrected chi connectivity index (χ2v) is 6.08. The van der Waals surface area contributed by atoms with Gasteiger partial charge in [0, 0.05) is 11.3 Å². The van der Waals surface area contributed by atoms with Crippen LogP contribution < -0.4 is 11.1 Å². The number of nitrogens with two attached hydrogens (primary N) is 1. The summed E-state index contributed by atoms with van der Waals surface area (Å²) < 4.78 is 0. The Morgan fingerprint density at radius 3 is 2.95 bits per heavy atom. The van der Waals surface area contributed by atoms with Gasteiger partial charge in [0.1, 0.15) is 0 Å². The van der Waals surface area contributed by atoms with E-state index in [2.05, 4.69) is 11.6 Å². The third kappa shape index (κ3) is 3.35. The van der Waals surface area contributed by atoms with Gasteiger partial charge in [-0.15, -0.1) is 0 Å². The van der Waals surface area contributed by atoms with Crippen molar-refractivity contribution < 1.29 is 9.90 Å². The van der Waals surface area contributed by atoms with Crippen LogP contribution in [0.15, 0.2) is 18.2 Å². The molecule has 1 fully saturated rings. The number of carbonyl (C=O) groups is 1. The Morgan fingerprint density at radius 2 is 2.26 bits per heavy atom. The molecule has 1 aromatic rings. The van der Waals surface area contributed by atoms with Gasteiger partial charge in [0.15, 0.2) is 0 Å². The highest BCUT2D eigenvalue weighted by Crippen LogP contribution is 2.31. The Kier molecular flexibility index (Phi) is 4.58. The van der Waals surface area contributed by atoms with Crippen LogP contribution >= 0.6 is 11.8 Å². The predicted octanol–water partition coefficient (Wildman–Crippen LogP) is 3.05. The Labute approximate surface area is 117 Å². The molecule has 2 atom stereocenters. The number of carboxylic acids is 1. The molecule has 0 aliphatic heterocycles. The van der Waals surface area contributed by atoms with Gasteiger partial charge in [0.25, 0.3) is 0 Å². The van der Waals surface area contributed by atoms with Crippen molar-refractivity contribution in [1.29, 1.82) is 0 Å². The standard InChI is InChI=1S/C14H20N2O2S/c1-19-10-5-2-4-9(8-10)16-12-7-3-6-11(13(12)15)14(17)18/h3,6-7,9-10,16H,2,4-5,8,15H2,1H3,(H,17,18). The number of nitrogen functional groups attached to an aromatic ring is 1. The Morgan fingerprint density at radius 1 is 1.47 bits per heavy atom. The van der Waals surface area contributed by atoms with E-state index in [4.69, 9.17) is 10.8 Å². The average molecular weight is 280 g/mol. The fourth-order valence-electron chi connectivity index (χ4n) is 2.59. The third-order valence-electron chi connectivity index (χ3n) is 3.66. The van der Waals surface area contributed by atoms with Gasteiger partial charge in [0.05, 0.1) is 16.9 Å². The molecule has 4 N–H and O–H groups in total. The topological polar surface area (TPSA) is 75.3 Å². The molecule has 0 heterocycles. The lowest BCUT2D eigenvalue weighted by Crippen LogP contribution is -2.29. The van der Waals surface area contributed by atoms with Crippen molar-refractivity contribution in [3.05, 3.63) is 23.8 Å². The number of para-hydroxylation sites is 1. The van der Waals surface area contributed by atoms with E-state index in [0.29, 0.717) is 17.0 Å². The number of hydrogen-bond donors (Lipinski definition) is 3. The van der Waals surface area contributed by atoms with Crippen LogP contribution in [0.2, 0.25) is 0 Å². The molecular formula is C14H20N2O2S. The zero-order valence-corrected chi connectivity index (χ0v) is 11.9.